The summed E-state index contributed by atoms with van der Waals surface area (Å²) in [6.45, 7) is 5.78. The van der Waals surface area contributed by atoms with Crippen molar-refractivity contribution in [1.29, 1.82) is 0 Å². The first-order valence-electron chi connectivity index (χ1n) is 10.6. The van der Waals surface area contributed by atoms with Gasteiger partial charge in [-0.25, -0.2) is 23.3 Å². The summed E-state index contributed by atoms with van der Waals surface area (Å²) in [5.41, 5.74) is 0.242. The zero-order valence-corrected chi connectivity index (χ0v) is 19.3. The Morgan fingerprint density at radius 1 is 1.27 bits per heavy atom. The minimum absolute atomic E-state index is 0.0101. The Bertz CT molecular complexity index is 1500. The van der Waals surface area contributed by atoms with Gasteiger partial charge in [-0.1, -0.05) is 19.9 Å². The topological polar surface area (TPSA) is 157 Å². The van der Waals surface area contributed by atoms with Crippen molar-refractivity contribution in [3.8, 4) is 0 Å². The van der Waals surface area contributed by atoms with Gasteiger partial charge in [0.2, 0.25) is 10.0 Å². The fourth-order valence-corrected chi connectivity index (χ4v) is 4.59. The average Bonchev–Trinajstić information content (AvgIpc) is 3.56. The van der Waals surface area contributed by atoms with Gasteiger partial charge in [0, 0.05) is 23.8 Å². The van der Waals surface area contributed by atoms with Crippen molar-refractivity contribution in [2.75, 3.05) is 5.32 Å². The molecule has 2 aromatic heterocycles. The second-order valence-corrected chi connectivity index (χ2v) is 10.3. The summed E-state index contributed by atoms with van der Waals surface area (Å²) in [6, 6.07) is 5.92. The van der Waals surface area contributed by atoms with Crippen molar-refractivity contribution >= 4 is 32.7 Å². The lowest BCUT2D eigenvalue weighted by atomic mass is 10.1. The van der Waals surface area contributed by atoms with Gasteiger partial charge >= 0.3 is 5.69 Å². The first kappa shape index (κ1) is 22.9. The molecule has 0 spiro atoms. The molecule has 0 radical (unpaired) electrons. The maximum Gasteiger partial charge on any atom is 0.330 e. The van der Waals surface area contributed by atoms with Crippen LogP contribution in [0.1, 0.15) is 54.2 Å². The number of hydrogen-bond donors (Lipinski definition) is 3. The molecule has 1 amide bonds. The smallest absolute Gasteiger partial charge is 0.322 e. The van der Waals surface area contributed by atoms with E-state index in [1.807, 2.05) is 13.8 Å². The van der Waals surface area contributed by atoms with Crippen LogP contribution in [0.3, 0.4) is 0 Å². The van der Waals surface area contributed by atoms with Crippen LogP contribution in [0.15, 0.2) is 38.8 Å². The van der Waals surface area contributed by atoms with Crippen LogP contribution in [0.25, 0.3) is 11.0 Å². The molecule has 0 aliphatic heterocycles. The number of nitrogens with zero attached hydrogens (tertiary/aromatic N) is 2. The fraction of sp³-hybridized carbons (Fsp3) is 0.364. The van der Waals surface area contributed by atoms with Crippen molar-refractivity contribution in [1.82, 2.24) is 14.5 Å². The third-order valence-electron chi connectivity index (χ3n) is 5.51. The SMILES string of the molecule is Cc1ccc(NC(=O)c2cc(C3CC3)nc3c2c(=O)[nH]c(=O)n3CC(C)C)cc1S(N)(=O)=O. The molecule has 11 heteroatoms. The number of carbonyl (C=O) groups excluding carboxylic acids is 1. The van der Waals surface area contributed by atoms with Gasteiger partial charge in [0.1, 0.15) is 0 Å². The molecule has 174 valence electrons. The van der Waals surface area contributed by atoms with Crippen molar-refractivity contribution in [2.45, 2.75) is 51.0 Å². The molecule has 0 atom stereocenters. The zero-order chi connectivity index (χ0) is 24.1. The maximum absolute atomic E-state index is 13.3. The minimum atomic E-state index is -3.98. The third-order valence-corrected chi connectivity index (χ3v) is 6.56. The van der Waals surface area contributed by atoms with Crippen molar-refractivity contribution in [3.05, 3.63) is 61.9 Å². The summed E-state index contributed by atoms with van der Waals surface area (Å²) >= 11 is 0. The highest BCUT2D eigenvalue weighted by Crippen LogP contribution is 2.40. The first-order chi connectivity index (χ1) is 15.5. The predicted molar refractivity (Wildman–Crippen MR) is 124 cm³/mol. The average molecular weight is 472 g/mol. The number of nitrogens with two attached hydrogens (primary N) is 1. The molecule has 0 bridgehead atoms. The number of benzene rings is 1. The number of fused-ring (bicyclic) bond motifs is 1. The van der Waals surface area contributed by atoms with E-state index in [0.29, 0.717) is 17.8 Å². The summed E-state index contributed by atoms with van der Waals surface area (Å²) in [5, 5.41) is 7.93. The number of aryl methyl sites for hydroxylation is 1. The Morgan fingerprint density at radius 2 is 1.97 bits per heavy atom. The maximum atomic E-state index is 13.3. The lowest BCUT2D eigenvalue weighted by Gasteiger charge is -2.15. The van der Waals surface area contributed by atoms with Crippen molar-refractivity contribution in [2.24, 2.45) is 11.1 Å². The number of pyridine rings is 1. The molecule has 1 saturated carbocycles. The lowest BCUT2D eigenvalue weighted by Crippen LogP contribution is -2.33. The quantitative estimate of drug-likeness (QED) is 0.498. The number of H-pyrrole nitrogens is 1. The highest BCUT2D eigenvalue weighted by atomic mass is 32.2. The van der Waals surface area contributed by atoms with Gasteiger partial charge in [0.15, 0.2) is 5.65 Å². The van der Waals surface area contributed by atoms with Gasteiger partial charge in [-0.05, 0) is 49.4 Å². The van der Waals surface area contributed by atoms with E-state index in [-0.39, 0.29) is 39.0 Å². The second kappa shape index (κ2) is 8.23. The van der Waals surface area contributed by atoms with Gasteiger partial charge in [-0.3, -0.25) is 19.1 Å². The van der Waals surface area contributed by atoms with Gasteiger partial charge < -0.3 is 5.32 Å². The molecule has 1 aliphatic carbocycles. The Hall–Kier alpha value is -3.31. The van der Waals surface area contributed by atoms with Gasteiger partial charge in [0.25, 0.3) is 11.5 Å². The number of sulfonamides is 1. The number of aromatic nitrogens is 3. The molecule has 1 fully saturated rings. The second-order valence-electron chi connectivity index (χ2n) is 8.81. The predicted octanol–water partition coefficient (Wildman–Crippen LogP) is 1.83. The van der Waals surface area contributed by atoms with Crippen LogP contribution in [0.5, 0.6) is 0 Å². The Labute approximate surface area is 189 Å². The van der Waals surface area contributed by atoms with E-state index < -0.39 is 27.2 Å². The molecule has 2 heterocycles. The molecule has 3 aromatic rings. The Morgan fingerprint density at radius 3 is 2.58 bits per heavy atom. The molecular weight excluding hydrogens is 446 g/mol. The van der Waals surface area contributed by atoms with Crippen LogP contribution in [0.2, 0.25) is 0 Å². The van der Waals surface area contributed by atoms with Crippen LogP contribution in [-0.2, 0) is 16.6 Å². The molecule has 10 nitrogen and oxygen atoms in total. The number of hydrogen-bond acceptors (Lipinski definition) is 6. The van der Waals surface area contributed by atoms with Crippen LogP contribution in [0.4, 0.5) is 5.69 Å². The van der Waals surface area contributed by atoms with E-state index in [4.69, 9.17) is 5.14 Å². The highest BCUT2D eigenvalue weighted by molar-refractivity contribution is 7.89. The molecular formula is C22H25N5O5S. The van der Waals surface area contributed by atoms with E-state index in [1.165, 1.54) is 16.7 Å². The lowest BCUT2D eigenvalue weighted by molar-refractivity contribution is 0.102. The third kappa shape index (κ3) is 4.60. The summed E-state index contributed by atoms with van der Waals surface area (Å²) in [7, 11) is -3.98. The number of amides is 1. The molecule has 4 N–H and O–H groups in total. The van der Waals surface area contributed by atoms with E-state index in [2.05, 4.69) is 15.3 Å². The monoisotopic (exact) mass is 471 g/mol. The van der Waals surface area contributed by atoms with E-state index >= 15 is 0 Å². The van der Waals surface area contributed by atoms with Crippen molar-refractivity contribution in [3.63, 3.8) is 0 Å². The molecule has 4 rings (SSSR count). The number of anilines is 1. The summed E-state index contributed by atoms with van der Waals surface area (Å²) in [5.74, 6) is -0.352. The van der Waals surface area contributed by atoms with Gasteiger partial charge in [-0.2, -0.15) is 0 Å². The Balaban J connectivity index is 1.88. The fourth-order valence-electron chi connectivity index (χ4n) is 3.78. The number of nitrogens with one attached hydrogen (secondary N) is 2. The molecule has 1 aromatic carbocycles. The standard InChI is InChI=1S/C22H25N5O5S/c1-11(2)10-27-19-18(21(29)26-22(27)30)15(9-16(25-19)13-5-6-13)20(28)24-14-7-4-12(3)17(8-14)33(23,31)32/h4,7-9,11,13H,5-6,10H2,1-3H3,(H,24,28)(H2,23,31,32)(H,26,29,30). The summed E-state index contributed by atoms with van der Waals surface area (Å²) in [6.07, 6.45) is 1.82. The molecule has 1 aliphatic rings. The Kier molecular flexibility index (Phi) is 5.71. The molecule has 33 heavy (non-hydrogen) atoms. The normalized spacial score (nSPS) is 14.1. The number of carbonyl (C=O) groups is 1. The summed E-state index contributed by atoms with van der Waals surface area (Å²) in [4.78, 5) is 45.3. The van der Waals surface area contributed by atoms with E-state index in [1.54, 1.807) is 19.1 Å². The highest BCUT2D eigenvalue weighted by Gasteiger charge is 2.29. The summed E-state index contributed by atoms with van der Waals surface area (Å²) < 4.78 is 25.1. The number of rotatable bonds is 6. The molecule has 0 saturated heterocycles. The van der Waals surface area contributed by atoms with Crippen LogP contribution in [-0.4, -0.2) is 28.9 Å². The van der Waals surface area contributed by atoms with Crippen LogP contribution in [0, 0.1) is 12.8 Å². The van der Waals surface area contributed by atoms with Crippen molar-refractivity contribution < 1.29 is 13.2 Å². The number of primary sulfonamides is 1. The zero-order valence-electron chi connectivity index (χ0n) is 18.5. The van der Waals surface area contributed by atoms with E-state index in [9.17, 15) is 22.8 Å². The minimum Gasteiger partial charge on any atom is -0.322 e. The largest absolute Gasteiger partial charge is 0.330 e. The van der Waals surface area contributed by atoms with E-state index in [0.717, 1.165) is 12.8 Å². The van der Waals surface area contributed by atoms with Gasteiger partial charge in [0.05, 0.1) is 15.8 Å². The van der Waals surface area contributed by atoms with Crippen LogP contribution < -0.4 is 21.7 Å². The molecule has 0 unspecified atom stereocenters. The van der Waals surface area contributed by atoms with Gasteiger partial charge in [-0.15, -0.1) is 0 Å². The first-order valence-corrected chi connectivity index (χ1v) is 12.1. The number of aromatic amines is 1. The van der Waals surface area contributed by atoms with Crippen LogP contribution >= 0.6 is 0 Å².